The quantitative estimate of drug-likeness (QED) is 0.850. The second kappa shape index (κ2) is 7.12. The number of hydrogen-bond acceptors (Lipinski definition) is 4. The predicted molar refractivity (Wildman–Crippen MR) is 83.9 cm³/mol. The van der Waals surface area contributed by atoms with Crippen molar-refractivity contribution in [3.63, 3.8) is 0 Å². The molecule has 0 aromatic carbocycles. The summed E-state index contributed by atoms with van der Waals surface area (Å²) in [7, 11) is 0. The van der Waals surface area contributed by atoms with Crippen LogP contribution in [0.1, 0.15) is 60.6 Å². The Bertz CT molecular complexity index is 565. The van der Waals surface area contributed by atoms with Crippen LogP contribution in [0.5, 0.6) is 0 Å². The highest BCUT2D eigenvalue weighted by Crippen LogP contribution is 2.27. The molecule has 2 aliphatic rings. The van der Waals surface area contributed by atoms with E-state index in [1.807, 2.05) is 4.90 Å². The fourth-order valence-corrected chi connectivity index (χ4v) is 3.44. The maximum absolute atomic E-state index is 12.4. The monoisotopic (exact) mass is 320 g/mol. The van der Waals surface area contributed by atoms with Gasteiger partial charge in [-0.2, -0.15) is 5.10 Å². The largest absolute Gasteiger partial charge is 0.378 e. The van der Waals surface area contributed by atoms with Crippen molar-refractivity contribution in [2.75, 3.05) is 19.7 Å². The number of carbonyl (C=O) groups excluding carboxylic acids is 2. The van der Waals surface area contributed by atoms with Crippen LogP contribution in [0, 0.1) is 0 Å². The zero-order chi connectivity index (χ0) is 16.2. The zero-order valence-corrected chi connectivity index (χ0v) is 13.3. The van der Waals surface area contributed by atoms with Gasteiger partial charge >= 0.3 is 0 Å². The number of hydrogen-bond donors (Lipinski definition) is 2. The van der Waals surface area contributed by atoms with E-state index < -0.39 is 5.91 Å². The molecule has 0 radical (unpaired) electrons. The molecular formula is C16H24N4O3. The highest BCUT2D eigenvalue weighted by atomic mass is 16.5. The van der Waals surface area contributed by atoms with Gasteiger partial charge in [-0.15, -0.1) is 0 Å². The molecule has 7 heteroatoms. The highest BCUT2D eigenvalue weighted by Gasteiger charge is 2.27. The number of nitrogens with zero attached hydrogens (tertiary/aromatic N) is 2. The maximum Gasteiger partial charge on any atom is 0.269 e. The van der Waals surface area contributed by atoms with E-state index in [2.05, 4.69) is 10.2 Å². The normalized spacial score (nSPS) is 24.8. The maximum atomic E-state index is 12.4. The summed E-state index contributed by atoms with van der Waals surface area (Å²) in [6, 6.07) is 1.70. The molecule has 0 aliphatic carbocycles. The number of rotatable bonds is 5. The molecule has 2 aliphatic heterocycles. The number of primary amides is 1. The number of H-pyrrole nitrogens is 1. The Morgan fingerprint density at radius 3 is 2.96 bits per heavy atom. The molecule has 1 aromatic heterocycles. The summed E-state index contributed by atoms with van der Waals surface area (Å²) in [5.74, 6) is -0.149. The molecule has 1 aromatic rings. The highest BCUT2D eigenvalue weighted by molar-refractivity contribution is 5.90. The van der Waals surface area contributed by atoms with Crippen LogP contribution in [0.3, 0.4) is 0 Å². The Morgan fingerprint density at radius 2 is 2.26 bits per heavy atom. The SMILES string of the molecule is NC(=O)c1cc([C@@H]2CCCN(C(=O)CC[C@H]3CCCO3)C2)[nH]n1. The van der Waals surface area contributed by atoms with E-state index in [4.69, 9.17) is 10.5 Å². The molecule has 2 saturated heterocycles. The molecule has 0 bridgehead atoms. The molecule has 7 nitrogen and oxygen atoms in total. The van der Waals surface area contributed by atoms with Gasteiger partial charge in [-0.05, 0) is 38.2 Å². The second-order valence-electron chi connectivity index (χ2n) is 6.43. The lowest BCUT2D eigenvalue weighted by molar-refractivity contribution is -0.133. The molecule has 2 atom stereocenters. The van der Waals surface area contributed by atoms with Crippen LogP contribution in [-0.4, -0.2) is 52.7 Å². The van der Waals surface area contributed by atoms with E-state index in [0.29, 0.717) is 13.0 Å². The van der Waals surface area contributed by atoms with Crippen LogP contribution < -0.4 is 5.73 Å². The van der Waals surface area contributed by atoms with Crippen LogP contribution >= 0.6 is 0 Å². The molecule has 3 rings (SSSR count). The van der Waals surface area contributed by atoms with Crippen LogP contribution in [0.15, 0.2) is 6.07 Å². The fraction of sp³-hybridized carbons (Fsp3) is 0.688. The van der Waals surface area contributed by atoms with E-state index in [0.717, 1.165) is 50.9 Å². The van der Waals surface area contributed by atoms with Crippen LogP contribution in [0.2, 0.25) is 0 Å². The first kappa shape index (κ1) is 16.0. The first-order valence-electron chi connectivity index (χ1n) is 8.38. The summed E-state index contributed by atoms with van der Waals surface area (Å²) in [5, 5.41) is 6.81. The van der Waals surface area contributed by atoms with Crippen molar-refractivity contribution in [1.82, 2.24) is 15.1 Å². The molecule has 3 heterocycles. The zero-order valence-electron chi connectivity index (χ0n) is 13.3. The van der Waals surface area contributed by atoms with E-state index in [1.54, 1.807) is 6.07 Å². The topological polar surface area (TPSA) is 101 Å². The van der Waals surface area contributed by atoms with Crippen LogP contribution in [-0.2, 0) is 9.53 Å². The molecule has 0 unspecified atom stereocenters. The van der Waals surface area contributed by atoms with Crippen molar-refractivity contribution in [3.05, 3.63) is 17.5 Å². The third-order valence-electron chi connectivity index (χ3n) is 4.77. The number of ether oxygens (including phenoxy) is 1. The standard InChI is InChI=1S/C16H24N4O3/c17-16(22)14-9-13(18-19-14)11-3-1-7-20(10-11)15(21)6-5-12-4-2-8-23-12/h9,11-12H,1-8,10H2,(H2,17,22)(H,18,19)/t11-,12-/m1/s1. The van der Waals surface area contributed by atoms with Gasteiger partial charge in [-0.3, -0.25) is 14.7 Å². The van der Waals surface area contributed by atoms with Crippen LogP contribution in [0.4, 0.5) is 0 Å². The lowest BCUT2D eigenvalue weighted by atomic mass is 9.94. The average molecular weight is 320 g/mol. The number of piperidine rings is 1. The van der Waals surface area contributed by atoms with Gasteiger partial charge in [0.15, 0.2) is 0 Å². The van der Waals surface area contributed by atoms with Crippen molar-refractivity contribution >= 4 is 11.8 Å². The van der Waals surface area contributed by atoms with Gasteiger partial charge in [-0.25, -0.2) is 0 Å². The second-order valence-corrected chi connectivity index (χ2v) is 6.43. The lowest BCUT2D eigenvalue weighted by Crippen LogP contribution is -2.39. The van der Waals surface area contributed by atoms with Gasteiger partial charge in [0.2, 0.25) is 5.91 Å². The minimum atomic E-state index is -0.534. The molecular weight excluding hydrogens is 296 g/mol. The van der Waals surface area contributed by atoms with Crippen molar-refractivity contribution in [2.24, 2.45) is 5.73 Å². The lowest BCUT2D eigenvalue weighted by Gasteiger charge is -2.32. The third kappa shape index (κ3) is 3.90. The molecule has 23 heavy (non-hydrogen) atoms. The summed E-state index contributed by atoms with van der Waals surface area (Å²) in [6.07, 6.45) is 5.73. The van der Waals surface area contributed by atoms with E-state index >= 15 is 0 Å². The molecule has 126 valence electrons. The summed E-state index contributed by atoms with van der Waals surface area (Å²) in [6.45, 7) is 2.30. The first-order valence-corrected chi connectivity index (χ1v) is 8.38. The third-order valence-corrected chi connectivity index (χ3v) is 4.77. The fourth-order valence-electron chi connectivity index (χ4n) is 3.44. The van der Waals surface area contributed by atoms with E-state index in [1.165, 1.54) is 0 Å². The molecule has 0 spiro atoms. The molecule has 0 saturated carbocycles. The van der Waals surface area contributed by atoms with Crippen molar-refractivity contribution in [2.45, 2.75) is 50.5 Å². The Kier molecular flexibility index (Phi) is 4.95. The smallest absolute Gasteiger partial charge is 0.269 e. The Labute approximate surface area is 135 Å². The molecule has 2 amide bonds. The Morgan fingerprint density at radius 1 is 1.39 bits per heavy atom. The number of likely N-dealkylation sites (tertiary alicyclic amines) is 1. The van der Waals surface area contributed by atoms with Gasteiger partial charge in [-0.1, -0.05) is 0 Å². The number of nitrogens with two attached hydrogens (primary N) is 1. The van der Waals surface area contributed by atoms with Gasteiger partial charge in [0.25, 0.3) is 5.91 Å². The van der Waals surface area contributed by atoms with Crippen molar-refractivity contribution < 1.29 is 14.3 Å². The number of carbonyl (C=O) groups is 2. The summed E-state index contributed by atoms with van der Waals surface area (Å²) in [4.78, 5) is 25.5. The van der Waals surface area contributed by atoms with Gasteiger partial charge in [0.05, 0.1) is 6.10 Å². The summed E-state index contributed by atoms with van der Waals surface area (Å²) < 4.78 is 5.58. The predicted octanol–water partition coefficient (Wildman–Crippen LogP) is 1.17. The Balaban J connectivity index is 1.54. The van der Waals surface area contributed by atoms with Gasteiger partial charge in [0, 0.05) is 37.7 Å². The average Bonchev–Trinajstić information content (AvgIpc) is 3.24. The minimum absolute atomic E-state index is 0.191. The summed E-state index contributed by atoms with van der Waals surface area (Å²) >= 11 is 0. The van der Waals surface area contributed by atoms with Crippen LogP contribution in [0.25, 0.3) is 0 Å². The van der Waals surface area contributed by atoms with Crippen molar-refractivity contribution in [1.29, 1.82) is 0 Å². The minimum Gasteiger partial charge on any atom is -0.378 e. The van der Waals surface area contributed by atoms with E-state index in [-0.39, 0.29) is 23.6 Å². The summed E-state index contributed by atoms with van der Waals surface area (Å²) in [5.41, 5.74) is 6.37. The number of nitrogens with one attached hydrogen (secondary N) is 1. The molecule has 2 fully saturated rings. The van der Waals surface area contributed by atoms with Gasteiger partial charge < -0.3 is 15.4 Å². The first-order chi connectivity index (χ1) is 11.1. The van der Waals surface area contributed by atoms with Gasteiger partial charge in [0.1, 0.15) is 5.69 Å². The molecule has 3 N–H and O–H groups in total. The van der Waals surface area contributed by atoms with Crippen molar-refractivity contribution in [3.8, 4) is 0 Å². The number of aromatic amines is 1. The number of amides is 2. The Hall–Kier alpha value is -1.89. The van der Waals surface area contributed by atoms with E-state index in [9.17, 15) is 9.59 Å². The number of aromatic nitrogens is 2.